The van der Waals surface area contributed by atoms with Gasteiger partial charge < -0.3 is 15.2 Å². The van der Waals surface area contributed by atoms with Crippen LogP contribution in [0, 0.1) is 0 Å². The van der Waals surface area contributed by atoms with Crippen molar-refractivity contribution >= 4 is 11.9 Å². The van der Waals surface area contributed by atoms with Crippen LogP contribution in [-0.4, -0.2) is 29.6 Å². The molecule has 3 aromatic carbocycles. The average molecular weight is 387 g/mol. The van der Waals surface area contributed by atoms with E-state index in [4.69, 9.17) is 4.74 Å². The maximum absolute atomic E-state index is 12.4. The van der Waals surface area contributed by atoms with Crippen molar-refractivity contribution in [2.45, 2.75) is 18.6 Å². The second kappa shape index (κ2) is 8.29. The van der Waals surface area contributed by atoms with Crippen LogP contribution in [0.15, 0.2) is 78.9 Å². The normalized spacial score (nSPS) is 13.4. The molecule has 1 aliphatic rings. The highest BCUT2D eigenvalue weighted by Gasteiger charge is 2.38. The molecule has 0 radical (unpaired) electrons. The van der Waals surface area contributed by atoms with Gasteiger partial charge in [-0.1, -0.05) is 78.9 Å². The summed E-state index contributed by atoms with van der Waals surface area (Å²) < 4.78 is 5.46. The number of nitrogens with one attached hydrogen (secondary N) is 1. The third-order valence-electron chi connectivity index (χ3n) is 5.14. The topological polar surface area (TPSA) is 75.6 Å². The van der Waals surface area contributed by atoms with E-state index >= 15 is 0 Å². The lowest BCUT2D eigenvalue weighted by Gasteiger charge is -2.23. The van der Waals surface area contributed by atoms with Crippen molar-refractivity contribution in [2.75, 3.05) is 6.61 Å². The second-order valence-electron chi connectivity index (χ2n) is 7.01. The van der Waals surface area contributed by atoms with E-state index in [9.17, 15) is 14.7 Å². The van der Waals surface area contributed by atoms with Gasteiger partial charge >= 0.3 is 5.97 Å². The lowest BCUT2D eigenvalue weighted by Crippen LogP contribution is -2.46. The minimum absolute atomic E-state index is 0.200. The summed E-state index contributed by atoms with van der Waals surface area (Å²) in [6, 6.07) is 23.9. The highest BCUT2D eigenvalue weighted by molar-refractivity contribution is 5.89. The molecule has 5 nitrogen and oxygen atoms in total. The van der Waals surface area contributed by atoms with Crippen molar-refractivity contribution in [1.82, 2.24) is 5.32 Å². The number of aliphatic carboxylic acids is 1. The van der Waals surface area contributed by atoms with Gasteiger partial charge in [0.1, 0.15) is 12.6 Å². The van der Waals surface area contributed by atoms with E-state index in [0.717, 1.165) is 27.8 Å². The fourth-order valence-electron chi connectivity index (χ4n) is 3.89. The van der Waals surface area contributed by atoms with Gasteiger partial charge in [0.15, 0.2) is 0 Å². The number of carbonyl (C=O) groups excluding carboxylic acids is 1. The van der Waals surface area contributed by atoms with E-state index < -0.39 is 23.8 Å². The summed E-state index contributed by atoms with van der Waals surface area (Å²) in [4.78, 5) is 24.5. The maximum atomic E-state index is 12.4. The summed E-state index contributed by atoms with van der Waals surface area (Å²) in [5, 5.41) is 12.5. The SMILES string of the molecule is O=C(COCc1ccccc1)N[C@@H](C(=O)O)C1c2ccccc2-c2ccccc21. The summed E-state index contributed by atoms with van der Waals surface area (Å²) in [6.45, 7) is 0.0930. The molecular formula is C24H21NO4. The molecule has 2 N–H and O–H groups in total. The van der Waals surface area contributed by atoms with E-state index in [1.807, 2.05) is 78.9 Å². The van der Waals surface area contributed by atoms with Gasteiger partial charge in [-0.05, 0) is 27.8 Å². The van der Waals surface area contributed by atoms with Gasteiger partial charge in [0.2, 0.25) is 5.91 Å². The van der Waals surface area contributed by atoms with E-state index in [0.29, 0.717) is 6.61 Å². The number of amides is 1. The number of benzene rings is 3. The number of fused-ring (bicyclic) bond motifs is 3. The van der Waals surface area contributed by atoms with E-state index in [2.05, 4.69) is 5.32 Å². The fourth-order valence-corrected chi connectivity index (χ4v) is 3.89. The molecule has 0 saturated carbocycles. The quantitative estimate of drug-likeness (QED) is 0.650. The lowest BCUT2D eigenvalue weighted by molar-refractivity contribution is -0.143. The molecule has 0 aliphatic heterocycles. The molecule has 0 fully saturated rings. The molecule has 0 bridgehead atoms. The zero-order valence-electron chi connectivity index (χ0n) is 15.7. The van der Waals surface area contributed by atoms with Crippen LogP contribution in [0.1, 0.15) is 22.6 Å². The molecule has 1 aliphatic carbocycles. The first-order valence-corrected chi connectivity index (χ1v) is 9.47. The highest BCUT2D eigenvalue weighted by atomic mass is 16.5. The summed E-state index contributed by atoms with van der Waals surface area (Å²) in [7, 11) is 0. The minimum Gasteiger partial charge on any atom is -0.480 e. The van der Waals surface area contributed by atoms with Gasteiger partial charge in [0.25, 0.3) is 0 Å². The molecule has 0 aromatic heterocycles. The molecule has 0 heterocycles. The molecule has 1 atom stereocenters. The van der Waals surface area contributed by atoms with Crippen molar-refractivity contribution in [3.8, 4) is 11.1 Å². The van der Waals surface area contributed by atoms with Crippen molar-refractivity contribution in [1.29, 1.82) is 0 Å². The summed E-state index contributed by atoms with van der Waals surface area (Å²) >= 11 is 0. The Morgan fingerprint density at radius 2 is 1.41 bits per heavy atom. The van der Waals surface area contributed by atoms with Crippen molar-refractivity contribution in [3.63, 3.8) is 0 Å². The third-order valence-corrected chi connectivity index (χ3v) is 5.14. The molecule has 5 heteroatoms. The first-order chi connectivity index (χ1) is 14.1. The Hall–Kier alpha value is -3.44. The zero-order chi connectivity index (χ0) is 20.2. The van der Waals surface area contributed by atoms with Crippen LogP contribution in [-0.2, 0) is 20.9 Å². The van der Waals surface area contributed by atoms with Crippen LogP contribution in [0.2, 0.25) is 0 Å². The molecule has 0 saturated heterocycles. The number of hydrogen-bond acceptors (Lipinski definition) is 3. The van der Waals surface area contributed by atoms with Gasteiger partial charge in [-0.2, -0.15) is 0 Å². The zero-order valence-corrected chi connectivity index (χ0v) is 15.7. The van der Waals surface area contributed by atoms with E-state index in [1.165, 1.54) is 0 Å². The number of carbonyl (C=O) groups is 2. The van der Waals surface area contributed by atoms with Crippen molar-refractivity contribution < 1.29 is 19.4 Å². The van der Waals surface area contributed by atoms with Gasteiger partial charge in [-0.3, -0.25) is 4.79 Å². The molecule has 146 valence electrons. The smallest absolute Gasteiger partial charge is 0.327 e. The first kappa shape index (κ1) is 18.9. The number of hydrogen-bond donors (Lipinski definition) is 2. The molecule has 0 unspecified atom stereocenters. The Kier molecular flexibility index (Phi) is 5.40. The third kappa shape index (κ3) is 3.91. The lowest BCUT2D eigenvalue weighted by atomic mass is 9.89. The molecule has 1 amide bonds. The van der Waals surface area contributed by atoms with Crippen molar-refractivity contribution in [3.05, 3.63) is 95.6 Å². The number of rotatable bonds is 7. The minimum atomic E-state index is -1.08. The first-order valence-electron chi connectivity index (χ1n) is 9.47. The maximum Gasteiger partial charge on any atom is 0.327 e. The molecule has 29 heavy (non-hydrogen) atoms. The number of carboxylic acids is 1. The van der Waals surface area contributed by atoms with Crippen molar-refractivity contribution in [2.24, 2.45) is 0 Å². The Morgan fingerprint density at radius 1 is 0.862 bits per heavy atom. The molecule has 4 rings (SSSR count). The predicted molar refractivity (Wildman–Crippen MR) is 109 cm³/mol. The Bertz CT molecular complexity index is 986. The highest BCUT2D eigenvalue weighted by Crippen LogP contribution is 2.46. The van der Waals surface area contributed by atoms with Crippen LogP contribution in [0.5, 0.6) is 0 Å². The van der Waals surface area contributed by atoms with E-state index in [-0.39, 0.29) is 6.61 Å². The van der Waals surface area contributed by atoms with Crippen LogP contribution >= 0.6 is 0 Å². The largest absolute Gasteiger partial charge is 0.480 e. The number of ether oxygens (including phenoxy) is 1. The predicted octanol–water partition coefficient (Wildman–Crippen LogP) is 3.59. The second-order valence-corrected chi connectivity index (χ2v) is 7.01. The van der Waals surface area contributed by atoms with Gasteiger partial charge in [-0.25, -0.2) is 4.79 Å². The molecule has 0 spiro atoms. The van der Waals surface area contributed by atoms with Gasteiger partial charge in [-0.15, -0.1) is 0 Å². The van der Waals surface area contributed by atoms with Crippen LogP contribution in [0.3, 0.4) is 0 Å². The Labute approximate surface area is 169 Å². The Morgan fingerprint density at radius 3 is 2.00 bits per heavy atom. The fraction of sp³-hybridized carbons (Fsp3) is 0.167. The summed E-state index contributed by atoms with van der Waals surface area (Å²) in [5.74, 6) is -1.97. The van der Waals surface area contributed by atoms with Gasteiger partial charge in [0.05, 0.1) is 6.61 Å². The monoisotopic (exact) mass is 387 g/mol. The number of carboxylic acid groups (broad SMARTS) is 1. The van der Waals surface area contributed by atoms with E-state index in [1.54, 1.807) is 0 Å². The van der Waals surface area contributed by atoms with Crippen LogP contribution in [0.4, 0.5) is 0 Å². The summed E-state index contributed by atoms with van der Waals surface area (Å²) in [5.41, 5.74) is 4.79. The summed E-state index contributed by atoms with van der Waals surface area (Å²) in [6.07, 6.45) is 0. The standard InChI is InChI=1S/C24H21NO4/c26-21(15-29-14-16-8-2-1-3-9-16)25-23(24(27)28)22-19-12-6-4-10-17(19)18-11-5-7-13-20(18)22/h1-13,22-23H,14-15H2,(H,25,26)(H,27,28)/t23-/m1/s1. The molecular weight excluding hydrogens is 366 g/mol. The van der Waals surface area contributed by atoms with Crippen LogP contribution < -0.4 is 5.32 Å². The Balaban J connectivity index is 1.51. The van der Waals surface area contributed by atoms with Crippen LogP contribution in [0.25, 0.3) is 11.1 Å². The molecule has 3 aromatic rings. The van der Waals surface area contributed by atoms with Gasteiger partial charge in [0, 0.05) is 5.92 Å². The average Bonchev–Trinajstić information content (AvgIpc) is 3.07.